The summed E-state index contributed by atoms with van der Waals surface area (Å²) in [6.07, 6.45) is 2.22. The Balaban J connectivity index is 2.41. The summed E-state index contributed by atoms with van der Waals surface area (Å²) in [5.74, 6) is 5.01. The van der Waals surface area contributed by atoms with Crippen molar-refractivity contribution in [3.05, 3.63) is 0 Å². The molecule has 1 atom stereocenters. The number of carbonyl (C=O) groups excluding carboxylic acids is 1. The summed E-state index contributed by atoms with van der Waals surface area (Å²) in [5, 5.41) is 0. The van der Waals surface area contributed by atoms with Crippen molar-refractivity contribution in [2.75, 3.05) is 20.2 Å². The Morgan fingerprint density at radius 2 is 2.46 bits per heavy atom. The van der Waals surface area contributed by atoms with Gasteiger partial charge in [-0.1, -0.05) is 5.92 Å². The Bertz CT molecular complexity index is 239. The van der Waals surface area contributed by atoms with E-state index in [4.69, 9.17) is 4.74 Å². The van der Waals surface area contributed by atoms with Crippen LogP contribution in [0.3, 0.4) is 0 Å². The van der Waals surface area contributed by atoms with E-state index in [-0.39, 0.29) is 6.04 Å². The number of esters is 1. The minimum atomic E-state index is -0.414. The quantitative estimate of drug-likeness (QED) is 0.338. The molecule has 72 valence electrons. The van der Waals surface area contributed by atoms with Crippen LogP contribution in [0.2, 0.25) is 0 Å². The Morgan fingerprint density at radius 1 is 1.69 bits per heavy atom. The average molecular weight is 181 g/mol. The second kappa shape index (κ2) is 4.88. The summed E-state index contributed by atoms with van der Waals surface area (Å²) < 4.78 is 4.71. The van der Waals surface area contributed by atoms with Crippen molar-refractivity contribution in [3.63, 3.8) is 0 Å². The van der Waals surface area contributed by atoms with E-state index in [2.05, 4.69) is 16.7 Å². The molecule has 0 bridgehead atoms. The Morgan fingerprint density at radius 3 is 3.00 bits per heavy atom. The van der Waals surface area contributed by atoms with Crippen molar-refractivity contribution in [1.29, 1.82) is 0 Å². The third kappa shape index (κ3) is 3.08. The summed E-state index contributed by atoms with van der Waals surface area (Å²) >= 11 is 0. The van der Waals surface area contributed by atoms with Crippen LogP contribution in [0.15, 0.2) is 0 Å². The van der Waals surface area contributed by atoms with Gasteiger partial charge in [0.15, 0.2) is 0 Å². The molecule has 0 saturated carbocycles. The van der Waals surface area contributed by atoms with Crippen LogP contribution in [0.4, 0.5) is 0 Å². The predicted molar refractivity (Wildman–Crippen MR) is 50.1 cm³/mol. The Hall–Kier alpha value is -1.01. The standard InChI is InChI=1S/C10H15NO2/c1-3-13-10(12)7-6-9-5-4-8-11(9)2/h9H,3-5,8H2,1-2H3. The zero-order chi connectivity index (χ0) is 9.68. The summed E-state index contributed by atoms with van der Waals surface area (Å²) in [4.78, 5) is 13.1. The minimum absolute atomic E-state index is 0.240. The molecule has 1 unspecified atom stereocenters. The lowest BCUT2D eigenvalue weighted by atomic mass is 10.2. The first kappa shape index (κ1) is 10.1. The molecule has 13 heavy (non-hydrogen) atoms. The molecule has 1 rings (SSSR count). The number of likely N-dealkylation sites (tertiary alicyclic amines) is 1. The molecule has 0 spiro atoms. The number of ether oxygens (including phenoxy) is 1. The molecule has 0 aromatic rings. The number of carbonyl (C=O) groups is 1. The summed E-state index contributed by atoms with van der Waals surface area (Å²) in [6.45, 7) is 3.25. The monoisotopic (exact) mass is 181 g/mol. The fraction of sp³-hybridized carbons (Fsp3) is 0.700. The van der Waals surface area contributed by atoms with Crippen molar-refractivity contribution in [2.24, 2.45) is 0 Å². The van der Waals surface area contributed by atoms with Gasteiger partial charge in [-0.2, -0.15) is 0 Å². The van der Waals surface area contributed by atoms with Crippen LogP contribution in [-0.4, -0.2) is 37.1 Å². The van der Waals surface area contributed by atoms with E-state index in [1.807, 2.05) is 7.05 Å². The molecule has 1 saturated heterocycles. The van der Waals surface area contributed by atoms with Crippen LogP contribution < -0.4 is 0 Å². The molecule has 3 nitrogen and oxygen atoms in total. The summed E-state index contributed by atoms with van der Waals surface area (Å²) in [7, 11) is 2.03. The molecule has 1 aliphatic rings. The first-order valence-corrected chi connectivity index (χ1v) is 4.62. The first-order chi connectivity index (χ1) is 6.24. The molecular formula is C10H15NO2. The normalized spacial score (nSPS) is 22.2. The van der Waals surface area contributed by atoms with E-state index in [9.17, 15) is 4.79 Å². The highest BCUT2D eigenvalue weighted by Gasteiger charge is 2.18. The number of nitrogens with zero attached hydrogens (tertiary/aromatic N) is 1. The van der Waals surface area contributed by atoms with Crippen molar-refractivity contribution in [3.8, 4) is 11.8 Å². The van der Waals surface area contributed by atoms with E-state index in [0.717, 1.165) is 13.0 Å². The van der Waals surface area contributed by atoms with E-state index < -0.39 is 5.97 Å². The molecule has 0 amide bonds. The largest absolute Gasteiger partial charge is 0.456 e. The van der Waals surface area contributed by atoms with Crippen molar-refractivity contribution in [2.45, 2.75) is 25.8 Å². The lowest BCUT2D eigenvalue weighted by Gasteiger charge is -2.11. The van der Waals surface area contributed by atoms with Gasteiger partial charge >= 0.3 is 5.97 Å². The van der Waals surface area contributed by atoms with Gasteiger partial charge in [0, 0.05) is 5.92 Å². The van der Waals surface area contributed by atoms with Crippen LogP contribution in [0, 0.1) is 11.8 Å². The molecule has 1 fully saturated rings. The fourth-order valence-corrected chi connectivity index (χ4v) is 1.40. The molecule has 0 aromatic heterocycles. The highest BCUT2D eigenvalue weighted by molar-refractivity contribution is 5.88. The molecule has 1 aliphatic heterocycles. The van der Waals surface area contributed by atoms with Gasteiger partial charge in [-0.25, -0.2) is 4.79 Å². The Labute approximate surface area is 79.1 Å². The maximum atomic E-state index is 10.9. The molecule has 1 heterocycles. The Kier molecular flexibility index (Phi) is 3.78. The average Bonchev–Trinajstić information content (AvgIpc) is 2.48. The highest BCUT2D eigenvalue weighted by atomic mass is 16.5. The van der Waals surface area contributed by atoms with Crippen molar-refractivity contribution in [1.82, 2.24) is 4.90 Å². The fourth-order valence-electron chi connectivity index (χ4n) is 1.40. The van der Waals surface area contributed by atoms with Crippen LogP contribution in [-0.2, 0) is 9.53 Å². The number of hydrogen-bond donors (Lipinski definition) is 0. The third-order valence-electron chi connectivity index (χ3n) is 2.14. The van der Waals surface area contributed by atoms with Crippen LogP contribution in [0.5, 0.6) is 0 Å². The number of hydrogen-bond acceptors (Lipinski definition) is 3. The topological polar surface area (TPSA) is 29.5 Å². The SMILES string of the molecule is CCOC(=O)C#CC1CCCN1C. The van der Waals surface area contributed by atoms with Gasteiger partial charge in [0.2, 0.25) is 0 Å². The van der Waals surface area contributed by atoms with Gasteiger partial charge in [0.1, 0.15) is 0 Å². The van der Waals surface area contributed by atoms with Crippen LogP contribution in [0.1, 0.15) is 19.8 Å². The summed E-state index contributed by atoms with van der Waals surface area (Å²) in [6, 6.07) is 0.240. The molecule has 3 heteroatoms. The summed E-state index contributed by atoms with van der Waals surface area (Å²) in [5.41, 5.74) is 0. The molecule has 0 aromatic carbocycles. The van der Waals surface area contributed by atoms with Gasteiger partial charge in [0.25, 0.3) is 0 Å². The number of rotatable bonds is 1. The molecular weight excluding hydrogens is 166 g/mol. The predicted octanol–water partition coefficient (Wildman–Crippen LogP) is 0.647. The zero-order valence-electron chi connectivity index (χ0n) is 8.17. The molecule has 0 N–H and O–H groups in total. The van der Waals surface area contributed by atoms with E-state index in [1.54, 1.807) is 6.92 Å². The zero-order valence-corrected chi connectivity index (χ0v) is 8.17. The van der Waals surface area contributed by atoms with Gasteiger partial charge in [-0.15, -0.1) is 0 Å². The first-order valence-electron chi connectivity index (χ1n) is 4.62. The van der Waals surface area contributed by atoms with Crippen LogP contribution in [0.25, 0.3) is 0 Å². The van der Waals surface area contributed by atoms with Gasteiger partial charge in [0.05, 0.1) is 12.6 Å². The second-order valence-corrected chi connectivity index (χ2v) is 3.13. The van der Waals surface area contributed by atoms with Gasteiger partial charge < -0.3 is 4.74 Å². The maximum Gasteiger partial charge on any atom is 0.384 e. The molecule has 0 aliphatic carbocycles. The van der Waals surface area contributed by atoms with E-state index in [1.165, 1.54) is 6.42 Å². The van der Waals surface area contributed by atoms with E-state index in [0.29, 0.717) is 6.61 Å². The highest BCUT2D eigenvalue weighted by Crippen LogP contribution is 2.12. The maximum absolute atomic E-state index is 10.9. The van der Waals surface area contributed by atoms with Gasteiger partial charge in [-0.3, -0.25) is 4.90 Å². The van der Waals surface area contributed by atoms with Crippen molar-refractivity contribution < 1.29 is 9.53 Å². The lowest BCUT2D eigenvalue weighted by Crippen LogP contribution is -2.23. The second-order valence-electron chi connectivity index (χ2n) is 3.13. The minimum Gasteiger partial charge on any atom is -0.456 e. The van der Waals surface area contributed by atoms with E-state index >= 15 is 0 Å². The smallest absolute Gasteiger partial charge is 0.384 e. The van der Waals surface area contributed by atoms with Crippen LogP contribution >= 0.6 is 0 Å². The lowest BCUT2D eigenvalue weighted by molar-refractivity contribution is -0.136. The van der Waals surface area contributed by atoms with Crippen molar-refractivity contribution >= 4 is 5.97 Å². The third-order valence-corrected chi connectivity index (χ3v) is 2.14. The molecule has 0 radical (unpaired) electrons. The van der Waals surface area contributed by atoms with Gasteiger partial charge in [-0.05, 0) is 33.4 Å².